The fraction of sp³-hybridized carbons (Fsp3) is 0.520. The Hall–Kier alpha value is -2.18. The third-order valence-corrected chi connectivity index (χ3v) is 7.90. The summed E-state index contributed by atoms with van der Waals surface area (Å²) in [6.07, 6.45) is 2.57. The molecule has 2 aromatic rings. The molecule has 5 rings (SSSR count). The molecule has 1 saturated carbocycles. The number of carbonyl (C=O) groups is 1. The molecule has 0 atom stereocenters. The van der Waals surface area contributed by atoms with Gasteiger partial charge in [-0.2, -0.15) is 0 Å². The van der Waals surface area contributed by atoms with Gasteiger partial charge in [-0.15, -0.1) is 11.3 Å². The molecule has 0 amide bonds. The number of carbonyl (C=O) groups excluding carboxylic acids is 1. The highest BCUT2D eigenvalue weighted by molar-refractivity contribution is 7.14. The summed E-state index contributed by atoms with van der Waals surface area (Å²) in [5.41, 5.74) is 2.92. The Morgan fingerprint density at radius 1 is 1.19 bits per heavy atom. The lowest BCUT2D eigenvalue weighted by molar-refractivity contribution is -0.126. The number of thiophene rings is 1. The predicted octanol–water partition coefficient (Wildman–Crippen LogP) is 5.35. The van der Waals surface area contributed by atoms with E-state index >= 15 is 0 Å². The zero-order valence-corrected chi connectivity index (χ0v) is 19.7. The van der Waals surface area contributed by atoms with E-state index in [1.807, 2.05) is 13.8 Å². The van der Waals surface area contributed by atoms with E-state index in [-0.39, 0.29) is 11.2 Å². The van der Waals surface area contributed by atoms with Gasteiger partial charge in [0, 0.05) is 43.0 Å². The van der Waals surface area contributed by atoms with Crippen LogP contribution in [0.4, 0.5) is 5.69 Å². The second-order valence-corrected chi connectivity index (χ2v) is 10.9. The first kappa shape index (κ1) is 20.7. The molecule has 1 aromatic carbocycles. The highest BCUT2D eigenvalue weighted by Crippen LogP contribution is 2.50. The third-order valence-electron chi connectivity index (χ3n) is 6.73. The van der Waals surface area contributed by atoms with Crippen molar-refractivity contribution in [2.24, 2.45) is 10.4 Å². The van der Waals surface area contributed by atoms with Crippen molar-refractivity contribution in [1.29, 1.82) is 0 Å². The summed E-state index contributed by atoms with van der Waals surface area (Å²) >= 11 is 1.79. The molecule has 0 radical (unpaired) electrons. The van der Waals surface area contributed by atoms with Gasteiger partial charge in [-0.1, -0.05) is 19.9 Å². The molecule has 164 valence electrons. The number of hydrogen-bond donors (Lipinski definition) is 0. The maximum Gasteiger partial charge on any atom is 0.192 e. The van der Waals surface area contributed by atoms with Crippen LogP contribution in [0.5, 0.6) is 10.8 Å². The quantitative estimate of drug-likeness (QED) is 0.647. The van der Waals surface area contributed by atoms with E-state index < -0.39 is 0 Å². The molecule has 1 aromatic heterocycles. The fourth-order valence-corrected chi connectivity index (χ4v) is 5.48. The van der Waals surface area contributed by atoms with Crippen molar-refractivity contribution in [2.45, 2.75) is 46.5 Å². The molecule has 0 unspecified atom stereocenters. The Balaban J connectivity index is 1.42. The average molecular weight is 438 g/mol. The van der Waals surface area contributed by atoms with Gasteiger partial charge in [0.15, 0.2) is 10.8 Å². The number of aliphatic imine (C=N–C) groups is 1. The summed E-state index contributed by atoms with van der Waals surface area (Å²) in [4.78, 5) is 23.3. The Kier molecular flexibility index (Phi) is 5.18. The molecule has 3 heterocycles. The Morgan fingerprint density at radius 3 is 2.61 bits per heavy atom. The smallest absolute Gasteiger partial charge is 0.192 e. The summed E-state index contributed by atoms with van der Waals surface area (Å²) in [5.74, 6) is 2.83. The number of benzene rings is 1. The number of rotatable bonds is 4. The topological polar surface area (TPSA) is 45.1 Å². The molecule has 3 aliphatic rings. The van der Waals surface area contributed by atoms with Crippen molar-refractivity contribution in [3.8, 4) is 10.8 Å². The van der Waals surface area contributed by atoms with Crippen LogP contribution in [-0.4, -0.2) is 54.1 Å². The van der Waals surface area contributed by atoms with Gasteiger partial charge in [-0.25, -0.2) is 4.99 Å². The highest BCUT2D eigenvalue weighted by atomic mass is 32.1. The van der Waals surface area contributed by atoms with Gasteiger partial charge in [0.05, 0.1) is 5.56 Å². The summed E-state index contributed by atoms with van der Waals surface area (Å²) in [6.45, 7) is 12.4. The van der Waals surface area contributed by atoms with E-state index in [9.17, 15) is 4.79 Å². The van der Waals surface area contributed by atoms with E-state index in [0.717, 1.165) is 60.6 Å². The Morgan fingerprint density at radius 2 is 1.94 bits per heavy atom. The molecule has 1 aliphatic carbocycles. The standard InChI is InChI=1S/C25H31N3O2S/c1-16-5-8-20-21(13-16)30-24-19(14-22(31-24)18-6-7-18)23(26-20)28-11-9-27(10-12-28)15-25(3,4)17(2)29/h5,8,13-14,18H,6-7,9-12,15H2,1-4H3. The number of hydrogen-bond acceptors (Lipinski definition) is 6. The van der Waals surface area contributed by atoms with Crippen molar-refractivity contribution in [3.05, 3.63) is 40.3 Å². The number of fused-ring (bicyclic) bond motifs is 2. The Bertz CT molecular complexity index is 1040. The van der Waals surface area contributed by atoms with Gasteiger partial charge in [0.2, 0.25) is 0 Å². The van der Waals surface area contributed by atoms with Crippen LogP contribution in [0, 0.1) is 12.3 Å². The van der Waals surface area contributed by atoms with Crippen LogP contribution in [0.3, 0.4) is 0 Å². The van der Waals surface area contributed by atoms with E-state index in [1.165, 1.54) is 23.3 Å². The van der Waals surface area contributed by atoms with Gasteiger partial charge in [0.25, 0.3) is 0 Å². The van der Waals surface area contributed by atoms with Crippen LogP contribution in [0.25, 0.3) is 0 Å². The van der Waals surface area contributed by atoms with Crippen molar-refractivity contribution in [1.82, 2.24) is 9.80 Å². The second-order valence-electron chi connectivity index (χ2n) is 9.84. The molecule has 0 bridgehead atoms. The van der Waals surface area contributed by atoms with Crippen molar-refractivity contribution >= 4 is 28.6 Å². The molecule has 1 saturated heterocycles. The lowest BCUT2D eigenvalue weighted by Crippen LogP contribution is -2.51. The number of nitrogens with zero attached hydrogens (tertiary/aromatic N) is 3. The van der Waals surface area contributed by atoms with Crippen LogP contribution in [-0.2, 0) is 4.79 Å². The van der Waals surface area contributed by atoms with E-state index in [0.29, 0.717) is 5.92 Å². The molecular formula is C25H31N3O2S. The number of amidine groups is 1. The molecule has 0 N–H and O–H groups in total. The van der Waals surface area contributed by atoms with E-state index in [4.69, 9.17) is 9.73 Å². The first-order valence-electron chi connectivity index (χ1n) is 11.3. The van der Waals surface area contributed by atoms with Gasteiger partial charge in [-0.05, 0) is 56.4 Å². The lowest BCUT2D eigenvalue weighted by atomic mass is 9.88. The molecule has 6 heteroatoms. The minimum Gasteiger partial charge on any atom is -0.444 e. The molecule has 0 spiro atoms. The van der Waals surface area contributed by atoms with Crippen molar-refractivity contribution < 1.29 is 9.53 Å². The largest absolute Gasteiger partial charge is 0.444 e. The molecule has 5 nitrogen and oxygen atoms in total. The maximum absolute atomic E-state index is 12.0. The lowest BCUT2D eigenvalue weighted by Gasteiger charge is -2.39. The van der Waals surface area contributed by atoms with E-state index in [1.54, 1.807) is 18.3 Å². The monoisotopic (exact) mass is 437 g/mol. The van der Waals surface area contributed by atoms with Gasteiger partial charge in [-0.3, -0.25) is 9.69 Å². The summed E-state index contributed by atoms with van der Waals surface area (Å²) in [7, 11) is 0. The Labute approximate surface area is 188 Å². The van der Waals surface area contributed by atoms with Crippen LogP contribution >= 0.6 is 11.3 Å². The van der Waals surface area contributed by atoms with Crippen molar-refractivity contribution in [3.63, 3.8) is 0 Å². The van der Waals surface area contributed by atoms with Crippen LogP contribution in [0.2, 0.25) is 0 Å². The molecular weight excluding hydrogens is 406 g/mol. The number of Topliss-reactive ketones (excluding diaryl/α,β-unsaturated/α-hetero) is 1. The zero-order valence-electron chi connectivity index (χ0n) is 18.9. The normalized spacial score (nSPS) is 19.2. The predicted molar refractivity (Wildman–Crippen MR) is 126 cm³/mol. The molecule has 2 aliphatic heterocycles. The van der Waals surface area contributed by atoms with Crippen LogP contribution < -0.4 is 4.74 Å². The molecule has 31 heavy (non-hydrogen) atoms. The van der Waals surface area contributed by atoms with Crippen LogP contribution in [0.15, 0.2) is 29.3 Å². The zero-order chi connectivity index (χ0) is 21.8. The average Bonchev–Trinajstić information content (AvgIpc) is 3.51. The number of ether oxygens (including phenoxy) is 1. The van der Waals surface area contributed by atoms with Gasteiger partial charge < -0.3 is 9.64 Å². The molecule has 2 fully saturated rings. The van der Waals surface area contributed by atoms with Gasteiger partial charge >= 0.3 is 0 Å². The summed E-state index contributed by atoms with van der Waals surface area (Å²) < 4.78 is 6.41. The summed E-state index contributed by atoms with van der Waals surface area (Å²) in [5, 5.41) is 0.977. The van der Waals surface area contributed by atoms with Crippen molar-refractivity contribution in [2.75, 3.05) is 32.7 Å². The second kappa shape index (κ2) is 7.75. The maximum atomic E-state index is 12.0. The highest BCUT2D eigenvalue weighted by Gasteiger charge is 2.33. The van der Waals surface area contributed by atoms with E-state index in [2.05, 4.69) is 41.0 Å². The number of piperazine rings is 1. The number of aryl methyl sites for hydroxylation is 1. The first-order valence-corrected chi connectivity index (χ1v) is 12.1. The SMILES string of the molecule is CC(=O)C(C)(C)CN1CCN(C2=Nc3ccc(C)cc3Oc3sc(C4CC4)cc32)CC1. The summed E-state index contributed by atoms with van der Waals surface area (Å²) in [6, 6.07) is 8.57. The minimum absolute atomic E-state index is 0.252. The minimum atomic E-state index is -0.299. The van der Waals surface area contributed by atoms with Gasteiger partial charge in [0.1, 0.15) is 17.3 Å². The number of ketones is 1. The third kappa shape index (κ3) is 4.15. The fourth-order valence-electron chi connectivity index (χ4n) is 4.29. The first-order chi connectivity index (χ1) is 14.8. The van der Waals surface area contributed by atoms with Crippen LogP contribution in [0.1, 0.15) is 55.5 Å².